The molecule has 29 heavy (non-hydrogen) atoms. The number of aromatic nitrogens is 1. The zero-order chi connectivity index (χ0) is 20.5. The predicted octanol–water partition coefficient (Wildman–Crippen LogP) is 4.35. The molecule has 0 aliphatic heterocycles. The average Bonchev–Trinajstić information content (AvgIpc) is 2.78. The molecule has 1 fully saturated rings. The number of methoxy groups -OCH3 is 1. The van der Waals surface area contributed by atoms with E-state index in [-0.39, 0.29) is 5.91 Å². The molecule has 1 heterocycles. The van der Waals surface area contributed by atoms with Crippen molar-refractivity contribution in [3.63, 3.8) is 0 Å². The Morgan fingerprint density at radius 3 is 2.45 bits per heavy atom. The van der Waals surface area contributed by atoms with E-state index in [4.69, 9.17) is 14.2 Å². The van der Waals surface area contributed by atoms with Crippen LogP contribution >= 0.6 is 0 Å². The lowest BCUT2D eigenvalue weighted by molar-refractivity contribution is -0.122. The summed E-state index contributed by atoms with van der Waals surface area (Å²) in [5.74, 6) is 1.34. The van der Waals surface area contributed by atoms with E-state index in [0.717, 1.165) is 37.0 Å². The summed E-state index contributed by atoms with van der Waals surface area (Å²) in [7, 11) is 1.65. The molecular formula is C23H30N2O4. The van der Waals surface area contributed by atoms with Crippen molar-refractivity contribution in [2.75, 3.05) is 32.2 Å². The molecule has 1 aromatic carbocycles. The van der Waals surface area contributed by atoms with Gasteiger partial charge in [0.15, 0.2) is 0 Å². The van der Waals surface area contributed by atoms with Gasteiger partial charge in [0.1, 0.15) is 12.4 Å². The zero-order valence-electron chi connectivity index (χ0n) is 17.3. The van der Waals surface area contributed by atoms with E-state index in [0.29, 0.717) is 31.4 Å². The SMILES string of the molecule is CCOCCOc1ccc(NC(=O)C2(c3ccc(OC)cc3)CCCCC2)cn1. The molecule has 1 aliphatic carbocycles. The highest BCUT2D eigenvalue weighted by molar-refractivity contribution is 5.99. The van der Waals surface area contributed by atoms with Gasteiger partial charge in [-0.3, -0.25) is 4.79 Å². The first-order chi connectivity index (χ1) is 14.2. The molecule has 0 bridgehead atoms. The molecule has 1 aliphatic rings. The van der Waals surface area contributed by atoms with Crippen molar-refractivity contribution >= 4 is 11.6 Å². The van der Waals surface area contributed by atoms with Crippen molar-refractivity contribution in [2.24, 2.45) is 0 Å². The average molecular weight is 399 g/mol. The van der Waals surface area contributed by atoms with E-state index in [9.17, 15) is 4.79 Å². The monoisotopic (exact) mass is 398 g/mol. The van der Waals surface area contributed by atoms with Crippen LogP contribution in [0.15, 0.2) is 42.6 Å². The topological polar surface area (TPSA) is 69.7 Å². The van der Waals surface area contributed by atoms with Gasteiger partial charge in [0.05, 0.1) is 31.0 Å². The maximum Gasteiger partial charge on any atom is 0.235 e. The first-order valence-corrected chi connectivity index (χ1v) is 10.3. The molecule has 2 aromatic rings. The summed E-state index contributed by atoms with van der Waals surface area (Å²) in [4.78, 5) is 17.6. The molecule has 156 valence electrons. The summed E-state index contributed by atoms with van der Waals surface area (Å²) in [6.45, 7) is 3.59. The Kier molecular flexibility index (Phi) is 7.47. The van der Waals surface area contributed by atoms with Gasteiger partial charge in [0, 0.05) is 12.7 Å². The molecule has 0 radical (unpaired) electrons. The third kappa shape index (κ3) is 5.26. The van der Waals surface area contributed by atoms with E-state index in [2.05, 4.69) is 10.3 Å². The van der Waals surface area contributed by atoms with E-state index in [1.54, 1.807) is 19.4 Å². The van der Waals surface area contributed by atoms with Gasteiger partial charge >= 0.3 is 0 Å². The highest BCUT2D eigenvalue weighted by Crippen LogP contribution is 2.41. The minimum Gasteiger partial charge on any atom is -0.497 e. The van der Waals surface area contributed by atoms with Crippen LogP contribution in [0, 0.1) is 0 Å². The third-order valence-corrected chi connectivity index (χ3v) is 5.46. The Hall–Kier alpha value is -2.60. The van der Waals surface area contributed by atoms with Crippen molar-refractivity contribution in [3.8, 4) is 11.6 Å². The van der Waals surface area contributed by atoms with Crippen LogP contribution in [0.3, 0.4) is 0 Å². The molecule has 1 aromatic heterocycles. The largest absolute Gasteiger partial charge is 0.497 e. The highest BCUT2D eigenvalue weighted by atomic mass is 16.5. The smallest absolute Gasteiger partial charge is 0.235 e. The molecule has 1 N–H and O–H groups in total. The Balaban J connectivity index is 1.70. The van der Waals surface area contributed by atoms with E-state index in [1.165, 1.54) is 6.42 Å². The summed E-state index contributed by atoms with van der Waals surface area (Å²) < 4.78 is 16.1. The minimum absolute atomic E-state index is 0.0224. The van der Waals surface area contributed by atoms with Crippen molar-refractivity contribution in [2.45, 2.75) is 44.4 Å². The number of anilines is 1. The second kappa shape index (κ2) is 10.3. The molecular weight excluding hydrogens is 368 g/mol. The number of rotatable bonds is 9. The number of hydrogen-bond acceptors (Lipinski definition) is 5. The van der Waals surface area contributed by atoms with Crippen LogP contribution in [0.5, 0.6) is 11.6 Å². The number of pyridine rings is 1. The van der Waals surface area contributed by atoms with Crippen LogP contribution in [-0.4, -0.2) is 37.8 Å². The van der Waals surface area contributed by atoms with Gasteiger partial charge in [-0.05, 0) is 43.5 Å². The van der Waals surface area contributed by atoms with Crippen LogP contribution in [-0.2, 0) is 14.9 Å². The lowest BCUT2D eigenvalue weighted by Crippen LogP contribution is -2.42. The molecule has 3 rings (SSSR count). The second-order valence-electron chi connectivity index (χ2n) is 7.26. The summed E-state index contributed by atoms with van der Waals surface area (Å²) >= 11 is 0. The molecule has 0 unspecified atom stereocenters. The summed E-state index contributed by atoms with van der Waals surface area (Å²) in [6.07, 6.45) is 6.59. The number of nitrogens with zero attached hydrogens (tertiary/aromatic N) is 1. The number of nitrogens with one attached hydrogen (secondary N) is 1. The van der Waals surface area contributed by atoms with Crippen molar-refractivity contribution < 1.29 is 19.0 Å². The number of amides is 1. The fourth-order valence-electron chi connectivity index (χ4n) is 3.85. The summed E-state index contributed by atoms with van der Waals surface area (Å²) in [5, 5.41) is 3.07. The third-order valence-electron chi connectivity index (χ3n) is 5.46. The maximum atomic E-state index is 13.4. The molecule has 6 heteroatoms. The Morgan fingerprint density at radius 2 is 1.83 bits per heavy atom. The normalized spacial score (nSPS) is 15.5. The van der Waals surface area contributed by atoms with Gasteiger partial charge < -0.3 is 19.5 Å². The standard InChI is InChI=1S/C23H30N2O4/c1-3-28-15-16-29-21-12-9-19(17-24-21)25-22(26)23(13-5-4-6-14-23)18-7-10-20(27-2)11-8-18/h7-12,17H,3-6,13-16H2,1-2H3,(H,25,26). The molecule has 0 spiro atoms. The van der Waals surface area contributed by atoms with Gasteiger partial charge in [0.25, 0.3) is 0 Å². The minimum atomic E-state index is -0.517. The number of hydrogen-bond donors (Lipinski definition) is 1. The van der Waals surface area contributed by atoms with Crippen molar-refractivity contribution in [3.05, 3.63) is 48.2 Å². The van der Waals surface area contributed by atoms with Gasteiger partial charge in [-0.2, -0.15) is 0 Å². The number of carbonyl (C=O) groups excluding carboxylic acids is 1. The molecule has 6 nitrogen and oxygen atoms in total. The number of carbonyl (C=O) groups is 1. The first-order valence-electron chi connectivity index (χ1n) is 10.3. The maximum absolute atomic E-state index is 13.4. The van der Waals surface area contributed by atoms with E-state index in [1.807, 2.05) is 37.3 Å². The van der Waals surface area contributed by atoms with Crippen LogP contribution in [0.25, 0.3) is 0 Å². The quantitative estimate of drug-likeness (QED) is 0.636. The first kappa shape index (κ1) is 21.1. The second-order valence-corrected chi connectivity index (χ2v) is 7.26. The van der Waals surface area contributed by atoms with Crippen LogP contribution in [0.4, 0.5) is 5.69 Å². The summed E-state index contributed by atoms with van der Waals surface area (Å²) in [5.41, 5.74) is 1.20. The van der Waals surface area contributed by atoms with Crippen molar-refractivity contribution in [1.29, 1.82) is 0 Å². The van der Waals surface area contributed by atoms with Crippen LogP contribution in [0.1, 0.15) is 44.6 Å². The molecule has 0 atom stereocenters. The lowest BCUT2D eigenvalue weighted by atomic mass is 9.68. The molecule has 0 saturated heterocycles. The Bertz CT molecular complexity index is 768. The van der Waals surface area contributed by atoms with Crippen molar-refractivity contribution in [1.82, 2.24) is 4.98 Å². The van der Waals surface area contributed by atoms with Gasteiger partial charge in [-0.15, -0.1) is 0 Å². The van der Waals surface area contributed by atoms with Gasteiger partial charge in [-0.25, -0.2) is 4.98 Å². The fraction of sp³-hybridized carbons (Fsp3) is 0.478. The predicted molar refractivity (Wildman–Crippen MR) is 113 cm³/mol. The summed E-state index contributed by atoms with van der Waals surface area (Å²) in [6, 6.07) is 11.5. The van der Waals surface area contributed by atoms with Gasteiger partial charge in [-0.1, -0.05) is 31.4 Å². The highest BCUT2D eigenvalue weighted by Gasteiger charge is 2.41. The Morgan fingerprint density at radius 1 is 1.07 bits per heavy atom. The molecule has 1 amide bonds. The zero-order valence-corrected chi connectivity index (χ0v) is 17.3. The van der Waals surface area contributed by atoms with Crippen LogP contribution in [0.2, 0.25) is 0 Å². The van der Waals surface area contributed by atoms with Gasteiger partial charge in [0.2, 0.25) is 11.8 Å². The van der Waals surface area contributed by atoms with E-state index < -0.39 is 5.41 Å². The number of benzene rings is 1. The number of ether oxygens (including phenoxy) is 3. The Labute approximate surface area is 172 Å². The fourth-order valence-corrected chi connectivity index (χ4v) is 3.85. The van der Waals surface area contributed by atoms with E-state index >= 15 is 0 Å². The lowest BCUT2D eigenvalue weighted by Gasteiger charge is -2.36. The van der Waals surface area contributed by atoms with Crippen LogP contribution < -0.4 is 14.8 Å². The molecule has 1 saturated carbocycles.